The molecule has 0 aromatic heterocycles. The summed E-state index contributed by atoms with van der Waals surface area (Å²) in [5.41, 5.74) is 0. The molecule has 1 aliphatic rings. The van der Waals surface area contributed by atoms with E-state index in [1.54, 1.807) is 0 Å². The largest absolute Gasteiger partial charge is 0.158 e. The van der Waals surface area contributed by atoms with Crippen molar-refractivity contribution < 1.29 is 0 Å². The van der Waals surface area contributed by atoms with Crippen molar-refractivity contribution in [3.05, 3.63) is 0 Å². The van der Waals surface area contributed by atoms with E-state index in [0.717, 1.165) is 11.2 Å². The Bertz CT molecular complexity index is 70.8. The van der Waals surface area contributed by atoms with E-state index < -0.39 is 0 Å². The van der Waals surface area contributed by atoms with Crippen LogP contribution in [0.1, 0.15) is 26.7 Å². The number of rotatable bonds is 1. The lowest BCUT2D eigenvalue weighted by Gasteiger charge is -2.09. The SMILES string of the molecule is CC[C@H]1SCC[C@H]1C. The van der Waals surface area contributed by atoms with Gasteiger partial charge in [0.2, 0.25) is 0 Å². The van der Waals surface area contributed by atoms with Crippen LogP contribution in [0.2, 0.25) is 0 Å². The summed E-state index contributed by atoms with van der Waals surface area (Å²) in [5.74, 6) is 2.39. The van der Waals surface area contributed by atoms with Gasteiger partial charge in [-0.2, -0.15) is 11.8 Å². The molecule has 0 amide bonds. The molecule has 1 heterocycles. The van der Waals surface area contributed by atoms with Gasteiger partial charge in [-0.15, -0.1) is 0 Å². The minimum atomic E-state index is 0.981. The minimum Gasteiger partial charge on any atom is -0.158 e. The van der Waals surface area contributed by atoms with Crippen molar-refractivity contribution in [1.82, 2.24) is 0 Å². The Morgan fingerprint density at radius 3 is 2.62 bits per heavy atom. The molecule has 0 radical (unpaired) electrons. The van der Waals surface area contributed by atoms with Gasteiger partial charge in [0, 0.05) is 5.25 Å². The highest BCUT2D eigenvalue weighted by molar-refractivity contribution is 8.00. The van der Waals surface area contributed by atoms with Gasteiger partial charge in [-0.05, 0) is 24.5 Å². The highest BCUT2D eigenvalue weighted by atomic mass is 32.2. The standard InChI is InChI=1S/C7H14S/c1-3-7-6(2)4-5-8-7/h6-7H,3-5H2,1-2H3/t6-,7-/m1/s1. The fraction of sp³-hybridized carbons (Fsp3) is 1.00. The highest BCUT2D eigenvalue weighted by Gasteiger charge is 2.21. The third-order valence-corrected chi connectivity index (χ3v) is 3.64. The van der Waals surface area contributed by atoms with Crippen LogP contribution in [0.3, 0.4) is 0 Å². The quantitative estimate of drug-likeness (QED) is 0.525. The maximum absolute atomic E-state index is 2.37. The van der Waals surface area contributed by atoms with Gasteiger partial charge in [-0.25, -0.2) is 0 Å². The predicted molar refractivity (Wildman–Crippen MR) is 40.3 cm³/mol. The van der Waals surface area contributed by atoms with Gasteiger partial charge in [0.25, 0.3) is 0 Å². The molecule has 8 heavy (non-hydrogen) atoms. The van der Waals surface area contributed by atoms with Crippen LogP contribution in [0.15, 0.2) is 0 Å². The van der Waals surface area contributed by atoms with E-state index in [1.807, 2.05) is 0 Å². The third-order valence-electron chi connectivity index (χ3n) is 1.94. The van der Waals surface area contributed by atoms with Crippen molar-refractivity contribution in [3.8, 4) is 0 Å². The fourth-order valence-corrected chi connectivity index (χ4v) is 2.79. The normalized spacial score (nSPS) is 38.2. The molecule has 1 heteroatoms. The lowest BCUT2D eigenvalue weighted by molar-refractivity contribution is 0.554. The molecular weight excluding hydrogens is 116 g/mol. The zero-order valence-corrected chi connectivity index (χ0v) is 6.50. The number of hydrogen-bond donors (Lipinski definition) is 0. The van der Waals surface area contributed by atoms with E-state index in [-0.39, 0.29) is 0 Å². The van der Waals surface area contributed by atoms with Crippen LogP contribution in [0.25, 0.3) is 0 Å². The van der Waals surface area contributed by atoms with Gasteiger partial charge in [-0.1, -0.05) is 13.8 Å². The lowest BCUT2D eigenvalue weighted by Crippen LogP contribution is -2.04. The van der Waals surface area contributed by atoms with Crippen molar-refractivity contribution >= 4 is 11.8 Å². The molecule has 1 rings (SSSR count). The van der Waals surface area contributed by atoms with Crippen LogP contribution in [0.4, 0.5) is 0 Å². The molecule has 0 aromatic carbocycles. The zero-order chi connectivity index (χ0) is 5.98. The van der Waals surface area contributed by atoms with Crippen molar-refractivity contribution in [2.45, 2.75) is 31.9 Å². The maximum Gasteiger partial charge on any atom is 0.00703 e. The third kappa shape index (κ3) is 1.19. The molecule has 1 fully saturated rings. The van der Waals surface area contributed by atoms with Crippen LogP contribution < -0.4 is 0 Å². The molecule has 0 aromatic rings. The summed E-state index contributed by atoms with van der Waals surface area (Å²) >= 11 is 2.15. The van der Waals surface area contributed by atoms with Crippen LogP contribution >= 0.6 is 11.8 Å². The number of thioether (sulfide) groups is 1. The summed E-state index contributed by atoms with van der Waals surface area (Å²) in [5, 5.41) is 0.981. The Hall–Kier alpha value is 0.350. The molecule has 48 valence electrons. The van der Waals surface area contributed by atoms with E-state index in [9.17, 15) is 0 Å². The van der Waals surface area contributed by atoms with Crippen molar-refractivity contribution in [2.24, 2.45) is 5.92 Å². The van der Waals surface area contributed by atoms with Gasteiger partial charge >= 0.3 is 0 Å². The molecule has 0 aliphatic carbocycles. The summed E-state index contributed by atoms with van der Waals surface area (Å²) in [6, 6.07) is 0. The highest BCUT2D eigenvalue weighted by Crippen LogP contribution is 2.33. The van der Waals surface area contributed by atoms with Crippen LogP contribution in [0, 0.1) is 5.92 Å². The smallest absolute Gasteiger partial charge is 0.00703 e. The van der Waals surface area contributed by atoms with Crippen molar-refractivity contribution in [1.29, 1.82) is 0 Å². The predicted octanol–water partition coefficient (Wildman–Crippen LogP) is 2.54. The van der Waals surface area contributed by atoms with E-state index in [1.165, 1.54) is 18.6 Å². The van der Waals surface area contributed by atoms with Gasteiger partial charge in [0.15, 0.2) is 0 Å². The summed E-state index contributed by atoms with van der Waals surface area (Å²) in [6.07, 6.45) is 2.81. The van der Waals surface area contributed by atoms with Crippen molar-refractivity contribution in [2.75, 3.05) is 5.75 Å². The van der Waals surface area contributed by atoms with E-state index in [4.69, 9.17) is 0 Å². The molecule has 2 atom stereocenters. The topological polar surface area (TPSA) is 0 Å². The van der Waals surface area contributed by atoms with Crippen molar-refractivity contribution in [3.63, 3.8) is 0 Å². The van der Waals surface area contributed by atoms with E-state index >= 15 is 0 Å². The Kier molecular flexibility index (Phi) is 2.24. The minimum absolute atomic E-state index is 0.981. The average Bonchev–Trinajstić information content (AvgIpc) is 2.14. The Labute approximate surface area is 56.0 Å². The number of hydrogen-bond acceptors (Lipinski definition) is 1. The Morgan fingerprint density at radius 1 is 1.62 bits per heavy atom. The summed E-state index contributed by atoms with van der Waals surface area (Å²) in [4.78, 5) is 0. The van der Waals surface area contributed by atoms with E-state index in [2.05, 4.69) is 25.6 Å². The average molecular weight is 130 g/mol. The molecule has 0 N–H and O–H groups in total. The van der Waals surface area contributed by atoms with Gasteiger partial charge in [-0.3, -0.25) is 0 Å². The first-order valence-electron chi connectivity index (χ1n) is 3.46. The summed E-state index contributed by atoms with van der Waals surface area (Å²) in [6.45, 7) is 4.66. The second-order valence-electron chi connectivity index (χ2n) is 2.58. The maximum atomic E-state index is 2.37. The fourth-order valence-electron chi connectivity index (χ4n) is 1.28. The first-order valence-corrected chi connectivity index (χ1v) is 4.51. The molecular formula is C7H14S. The Balaban J connectivity index is 2.30. The molecule has 0 saturated carbocycles. The molecule has 0 nitrogen and oxygen atoms in total. The second kappa shape index (κ2) is 2.77. The first kappa shape index (κ1) is 6.47. The summed E-state index contributed by atoms with van der Waals surface area (Å²) in [7, 11) is 0. The molecule has 0 spiro atoms. The van der Waals surface area contributed by atoms with Crippen LogP contribution in [0.5, 0.6) is 0 Å². The molecule has 1 aliphatic heterocycles. The lowest BCUT2D eigenvalue weighted by atomic mass is 10.0. The monoisotopic (exact) mass is 130 g/mol. The van der Waals surface area contributed by atoms with E-state index in [0.29, 0.717) is 0 Å². The first-order chi connectivity index (χ1) is 3.84. The van der Waals surface area contributed by atoms with Gasteiger partial charge in [0.05, 0.1) is 0 Å². The zero-order valence-electron chi connectivity index (χ0n) is 5.68. The Morgan fingerprint density at radius 2 is 2.38 bits per heavy atom. The molecule has 1 saturated heterocycles. The second-order valence-corrected chi connectivity index (χ2v) is 3.93. The van der Waals surface area contributed by atoms with Gasteiger partial charge < -0.3 is 0 Å². The summed E-state index contributed by atoms with van der Waals surface area (Å²) < 4.78 is 0. The molecule has 0 bridgehead atoms. The van der Waals surface area contributed by atoms with Gasteiger partial charge in [0.1, 0.15) is 0 Å². The van der Waals surface area contributed by atoms with Crippen LogP contribution in [-0.4, -0.2) is 11.0 Å². The molecule has 0 unspecified atom stereocenters. The van der Waals surface area contributed by atoms with Crippen LogP contribution in [-0.2, 0) is 0 Å².